The predicted octanol–water partition coefficient (Wildman–Crippen LogP) is 3.13. The van der Waals surface area contributed by atoms with Crippen molar-refractivity contribution in [2.24, 2.45) is 5.41 Å². The Morgan fingerprint density at radius 3 is 1.55 bits per heavy atom. The Labute approximate surface area is 210 Å². The minimum Gasteiger partial charge on any atom is -1.00 e. The van der Waals surface area contributed by atoms with Gasteiger partial charge in [-0.25, -0.2) is 0 Å². The maximum Gasteiger partial charge on any atom is 0.311 e. The van der Waals surface area contributed by atoms with E-state index in [9.17, 15) is 4.79 Å². The second-order valence-electron chi connectivity index (χ2n) is 8.96. The summed E-state index contributed by atoms with van der Waals surface area (Å²) in [5, 5.41) is 4.30. The number of ether oxygens (including phenoxy) is 1. The van der Waals surface area contributed by atoms with Crippen molar-refractivity contribution in [1.29, 1.82) is 0 Å². The molecule has 176 valence electrons. The lowest BCUT2D eigenvalue weighted by atomic mass is 9.87. The first-order valence-electron chi connectivity index (χ1n) is 11.7. The van der Waals surface area contributed by atoms with Crippen molar-refractivity contribution < 1.29 is 26.5 Å². The molecule has 0 amide bonds. The van der Waals surface area contributed by atoms with Gasteiger partial charge in [0.15, 0.2) is 0 Å². The van der Waals surface area contributed by atoms with Gasteiger partial charge in [-0.1, -0.05) is 61.0 Å². The molecule has 0 bridgehead atoms. The van der Waals surface area contributed by atoms with Crippen molar-refractivity contribution in [3.8, 4) is 0 Å². The molecule has 0 spiro atoms. The molecule has 3 aromatic carbocycles. The maximum atomic E-state index is 12.2. The number of carbonyl (C=O) groups is 1. The van der Waals surface area contributed by atoms with Crippen LogP contribution < -0.4 is 32.9 Å². The first-order chi connectivity index (χ1) is 15.5. The quantitative estimate of drug-likeness (QED) is 0.218. The standard InChI is InChI=1S/C29H36O2P.BrH/c1-4-31-28(30)29(2,3)23-15-8-16-24-32(25-17-9-5-10-18-25,26-19-11-6-12-20-26)27-21-13-7-14-22-27;/h5-7,9-14,17-22H,4,8,15-16,23-24H2,1-3H3;1H/q+1;/p-1. The van der Waals surface area contributed by atoms with Gasteiger partial charge in [-0.3, -0.25) is 4.79 Å². The zero-order chi connectivity index (χ0) is 22.9. The molecule has 0 aliphatic heterocycles. The molecule has 0 heterocycles. The Bertz CT molecular complexity index is 862. The van der Waals surface area contributed by atoms with E-state index in [4.69, 9.17) is 4.74 Å². The largest absolute Gasteiger partial charge is 1.00 e. The van der Waals surface area contributed by atoms with Crippen molar-refractivity contribution in [3.05, 3.63) is 91.0 Å². The van der Waals surface area contributed by atoms with Gasteiger partial charge < -0.3 is 21.7 Å². The Morgan fingerprint density at radius 1 is 0.727 bits per heavy atom. The Hall–Kier alpha value is -1.96. The van der Waals surface area contributed by atoms with Crippen molar-refractivity contribution in [3.63, 3.8) is 0 Å². The van der Waals surface area contributed by atoms with Crippen LogP contribution in [0.3, 0.4) is 0 Å². The minimum atomic E-state index is -1.76. The number of unbranched alkanes of at least 4 members (excludes halogenated alkanes) is 2. The molecule has 3 aromatic rings. The lowest BCUT2D eigenvalue weighted by molar-refractivity contribution is -0.153. The summed E-state index contributed by atoms with van der Waals surface area (Å²) < 4.78 is 5.26. The number of esters is 1. The van der Waals surface area contributed by atoms with Crippen LogP contribution in [0.5, 0.6) is 0 Å². The van der Waals surface area contributed by atoms with Crippen molar-refractivity contribution >= 4 is 29.1 Å². The molecule has 0 aliphatic carbocycles. The minimum absolute atomic E-state index is 0. The third-order valence-electron chi connectivity index (χ3n) is 6.21. The van der Waals surface area contributed by atoms with E-state index >= 15 is 0 Å². The summed E-state index contributed by atoms with van der Waals surface area (Å²) in [7, 11) is -1.76. The van der Waals surface area contributed by atoms with Crippen molar-refractivity contribution in [1.82, 2.24) is 0 Å². The molecule has 0 fully saturated rings. The van der Waals surface area contributed by atoms with E-state index in [0.717, 1.165) is 31.8 Å². The topological polar surface area (TPSA) is 26.3 Å². The third kappa shape index (κ3) is 6.78. The molecule has 0 aromatic heterocycles. The highest BCUT2D eigenvalue weighted by atomic mass is 79.9. The highest BCUT2D eigenvalue weighted by Gasteiger charge is 2.44. The average Bonchev–Trinajstić information content (AvgIpc) is 2.83. The molecular weight excluding hydrogens is 491 g/mol. The van der Waals surface area contributed by atoms with E-state index < -0.39 is 12.7 Å². The molecule has 2 nitrogen and oxygen atoms in total. The van der Waals surface area contributed by atoms with Crippen LogP contribution in [0.15, 0.2) is 91.0 Å². The normalized spacial score (nSPS) is 11.5. The van der Waals surface area contributed by atoms with E-state index in [2.05, 4.69) is 91.0 Å². The van der Waals surface area contributed by atoms with Crippen molar-refractivity contribution in [2.75, 3.05) is 12.8 Å². The van der Waals surface area contributed by atoms with Crippen LogP contribution in [0.25, 0.3) is 0 Å². The fourth-order valence-electron chi connectivity index (χ4n) is 4.40. The highest BCUT2D eigenvalue weighted by molar-refractivity contribution is 7.95. The fourth-order valence-corrected chi connectivity index (χ4v) is 8.81. The number of benzene rings is 3. The molecule has 0 aliphatic rings. The van der Waals surface area contributed by atoms with Crippen LogP contribution >= 0.6 is 7.26 Å². The van der Waals surface area contributed by atoms with Crippen LogP contribution in [0.1, 0.15) is 46.5 Å². The second kappa shape index (κ2) is 13.1. The van der Waals surface area contributed by atoms with Gasteiger partial charge in [0.25, 0.3) is 0 Å². The molecule has 0 radical (unpaired) electrons. The van der Waals surface area contributed by atoms with Crippen LogP contribution in [0, 0.1) is 5.41 Å². The van der Waals surface area contributed by atoms with E-state index in [1.807, 2.05) is 20.8 Å². The maximum absolute atomic E-state index is 12.2. The van der Waals surface area contributed by atoms with Crippen LogP contribution in [-0.4, -0.2) is 18.7 Å². The summed E-state index contributed by atoms with van der Waals surface area (Å²) in [6.07, 6.45) is 5.26. The summed E-state index contributed by atoms with van der Waals surface area (Å²) >= 11 is 0. The molecule has 33 heavy (non-hydrogen) atoms. The van der Waals surface area contributed by atoms with Gasteiger partial charge in [-0.05, 0) is 76.4 Å². The smallest absolute Gasteiger partial charge is 0.311 e. The second-order valence-corrected chi connectivity index (χ2v) is 12.6. The van der Waals surface area contributed by atoms with E-state index in [0.29, 0.717) is 6.61 Å². The van der Waals surface area contributed by atoms with Gasteiger partial charge in [-0.15, -0.1) is 0 Å². The summed E-state index contributed by atoms with van der Waals surface area (Å²) in [5.74, 6) is -0.0836. The first kappa shape index (κ1) is 27.3. The van der Waals surface area contributed by atoms with E-state index in [1.165, 1.54) is 15.9 Å². The summed E-state index contributed by atoms with van der Waals surface area (Å²) in [5.41, 5.74) is -0.416. The Kier molecular flexibility index (Phi) is 10.8. The van der Waals surface area contributed by atoms with Gasteiger partial charge in [0, 0.05) is 0 Å². The summed E-state index contributed by atoms with van der Waals surface area (Å²) in [6, 6.07) is 33.1. The van der Waals surface area contributed by atoms with E-state index in [-0.39, 0.29) is 23.0 Å². The van der Waals surface area contributed by atoms with E-state index in [1.54, 1.807) is 0 Å². The lowest BCUT2D eigenvalue weighted by Crippen LogP contribution is -3.00. The molecule has 0 saturated carbocycles. The lowest BCUT2D eigenvalue weighted by Gasteiger charge is -2.28. The number of carbonyl (C=O) groups excluding carboxylic acids is 1. The van der Waals surface area contributed by atoms with Crippen molar-refractivity contribution in [2.45, 2.75) is 46.5 Å². The zero-order valence-electron chi connectivity index (χ0n) is 20.0. The Morgan fingerprint density at radius 2 is 1.15 bits per heavy atom. The molecule has 0 saturated heterocycles. The van der Waals surface area contributed by atoms with Gasteiger partial charge in [0.05, 0.1) is 18.2 Å². The number of halogens is 1. The molecular formula is C29H36BrO2P. The van der Waals surface area contributed by atoms with Gasteiger partial charge in [0.1, 0.15) is 23.2 Å². The van der Waals surface area contributed by atoms with Gasteiger partial charge in [-0.2, -0.15) is 0 Å². The molecule has 4 heteroatoms. The molecule has 3 rings (SSSR count). The molecule has 0 atom stereocenters. The molecule has 0 N–H and O–H groups in total. The average molecular weight is 527 g/mol. The summed E-state index contributed by atoms with van der Waals surface area (Å²) in [6.45, 7) is 6.31. The fraction of sp³-hybridized carbons (Fsp3) is 0.345. The monoisotopic (exact) mass is 526 g/mol. The zero-order valence-corrected chi connectivity index (χ0v) is 22.5. The van der Waals surface area contributed by atoms with Crippen LogP contribution in [0.4, 0.5) is 0 Å². The first-order valence-corrected chi connectivity index (χ1v) is 13.7. The highest BCUT2D eigenvalue weighted by Crippen LogP contribution is 2.56. The number of hydrogen-bond donors (Lipinski definition) is 0. The van der Waals surface area contributed by atoms with Crippen LogP contribution in [0.2, 0.25) is 0 Å². The van der Waals surface area contributed by atoms with Gasteiger partial charge in [0.2, 0.25) is 0 Å². The number of hydrogen-bond acceptors (Lipinski definition) is 2. The Balaban J connectivity index is 0.00000385. The van der Waals surface area contributed by atoms with Crippen LogP contribution in [-0.2, 0) is 9.53 Å². The van der Waals surface area contributed by atoms with Gasteiger partial charge >= 0.3 is 5.97 Å². The third-order valence-corrected chi connectivity index (χ3v) is 10.7. The summed E-state index contributed by atoms with van der Waals surface area (Å²) in [4.78, 5) is 12.2. The number of rotatable bonds is 11. The SMILES string of the molecule is CCOC(=O)C(C)(C)CCCCC[P+](c1ccccc1)(c1ccccc1)c1ccccc1.[Br-]. The molecule has 0 unspecified atom stereocenters. The predicted molar refractivity (Wildman–Crippen MR) is 139 cm³/mol.